The van der Waals surface area contributed by atoms with Crippen molar-refractivity contribution >= 4 is 38.2 Å². The summed E-state index contributed by atoms with van der Waals surface area (Å²) in [5.41, 5.74) is 1.19. The highest BCUT2D eigenvalue weighted by Gasteiger charge is 2.26. The van der Waals surface area contributed by atoms with E-state index in [9.17, 15) is 18.0 Å². The van der Waals surface area contributed by atoms with Crippen LogP contribution in [0.4, 0.5) is 5.00 Å². The molecule has 0 aromatic carbocycles. The highest BCUT2D eigenvalue weighted by molar-refractivity contribution is 7.88. The van der Waals surface area contributed by atoms with Crippen molar-refractivity contribution in [2.75, 3.05) is 51.4 Å². The Morgan fingerprint density at radius 2 is 1.80 bits per heavy atom. The second-order valence-electron chi connectivity index (χ2n) is 5.97. The van der Waals surface area contributed by atoms with E-state index >= 15 is 0 Å². The fraction of sp³-hybridized carbons (Fsp3) is 0.600. The van der Waals surface area contributed by atoms with Gasteiger partial charge in [-0.3, -0.25) is 9.69 Å². The molecule has 1 fully saturated rings. The zero-order valence-corrected chi connectivity index (χ0v) is 16.4. The number of methoxy groups -OCH3 is 1. The smallest absolute Gasteiger partial charge is 0.341 e. The molecule has 0 bridgehead atoms. The van der Waals surface area contributed by atoms with Crippen LogP contribution in [-0.2, 0) is 19.6 Å². The van der Waals surface area contributed by atoms with Crippen molar-refractivity contribution < 1.29 is 22.7 Å². The lowest BCUT2D eigenvalue weighted by Crippen LogP contribution is -2.50. The summed E-state index contributed by atoms with van der Waals surface area (Å²) in [6, 6.07) is 0. The molecule has 1 amide bonds. The first-order valence-electron chi connectivity index (χ1n) is 7.79. The maximum absolute atomic E-state index is 12.3. The lowest BCUT2D eigenvalue weighted by atomic mass is 10.1. The number of esters is 1. The first kappa shape index (κ1) is 19.8. The summed E-state index contributed by atoms with van der Waals surface area (Å²) in [5, 5.41) is 3.27. The van der Waals surface area contributed by atoms with Crippen LogP contribution in [0.15, 0.2) is 0 Å². The quantitative estimate of drug-likeness (QED) is 0.744. The van der Waals surface area contributed by atoms with Gasteiger partial charge in [0.15, 0.2) is 0 Å². The molecular formula is C15H23N3O5S2. The van der Waals surface area contributed by atoms with Crippen molar-refractivity contribution in [3.05, 3.63) is 16.0 Å². The summed E-state index contributed by atoms with van der Waals surface area (Å²) in [4.78, 5) is 27.1. The van der Waals surface area contributed by atoms with Crippen LogP contribution in [0.25, 0.3) is 0 Å². The Kier molecular flexibility index (Phi) is 6.20. The summed E-state index contributed by atoms with van der Waals surface area (Å²) in [7, 11) is -1.88. The zero-order valence-electron chi connectivity index (χ0n) is 14.8. The number of aryl methyl sites for hydroxylation is 1. The maximum Gasteiger partial charge on any atom is 0.341 e. The monoisotopic (exact) mass is 389 g/mol. The molecule has 1 N–H and O–H groups in total. The van der Waals surface area contributed by atoms with Crippen LogP contribution in [0.5, 0.6) is 0 Å². The molecule has 1 aliphatic heterocycles. The fourth-order valence-corrected chi connectivity index (χ4v) is 4.54. The Labute approximate surface area is 151 Å². The van der Waals surface area contributed by atoms with E-state index < -0.39 is 16.0 Å². The van der Waals surface area contributed by atoms with E-state index in [2.05, 4.69) is 5.32 Å². The molecule has 0 radical (unpaired) electrons. The number of thiophene rings is 1. The Morgan fingerprint density at radius 3 is 2.32 bits per heavy atom. The minimum absolute atomic E-state index is 0.147. The van der Waals surface area contributed by atoms with Crippen LogP contribution >= 0.6 is 11.3 Å². The minimum atomic E-state index is -3.19. The average Bonchev–Trinajstić information content (AvgIpc) is 2.80. The van der Waals surface area contributed by atoms with Gasteiger partial charge in [-0.2, -0.15) is 4.31 Å². The number of nitrogens with zero attached hydrogens (tertiary/aromatic N) is 2. The van der Waals surface area contributed by atoms with Crippen molar-refractivity contribution in [3.63, 3.8) is 0 Å². The SMILES string of the molecule is COC(=O)c1c(NC(=O)CN2CCN(S(C)(=O)=O)CC2)sc(C)c1C. The highest BCUT2D eigenvalue weighted by Crippen LogP contribution is 2.32. The predicted octanol–water partition coefficient (Wildman–Crippen LogP) is 0.667. The van der Waals surface area contributed by atoms with Crippen molar-refractivity contribution in [2.45, 2.75) is 13.8 Å². The van der Waals surface area contributed by atoms with Gasteiger partial charge in [-0.05, 0) is 19.4 Å². The van der Waals surface area contributed by atoms with Crippen LogP contribution in [0.1, 0.15) is 20.8 Å². The van der Waals surface area contributed by atoms with E-state index in [-0.39, 0.29) is 12.5 Å². The van der Waals surface area contributed by atoms with Crippen molar-refractivity contribution in [2.24, 2.45) is 0 Å². The van der Waals surface area contributed by atoms with E-state index in [1.165, 1.54) is 29.0 Å². The second kappa shape index (κ2) is 7.81. The van der Waals surface area contributed by atoms with Gasteiger partial charge in [0.2, 0.25) is 15.9 Å². The number of carbonyl (C=O) groups excluding carboxylic acids is 2. The summed E-state index contributed by atoms with van der Waals surface area (Å²) < 4.78 is 29.2. The third kappa shape index (κ3) is 4.78. The Hall–Kier alpha value is -1.49. The number of nitrogens with one attached hydrogen (secondary N) is 1. The van der Waals surface area contributed by atoms with E-state index in [0.29, 0.717) is 36.7 Å². The van der Waals surface area contributed by atoms with E-state index in [1.54, 1.807) is 0 Å². The number of amides is 1. The molecule has 0 unspecified atom stereocenters. The van der Waals surface area contributed by atoms with Crippen molar-refractivity contribution in [1.82, 2.24) is 9.21 Å². The number of carbonyl (C=O) groups is 2. The molecule has 0 aliphatic carbocycles. The van der Waals surface area contributed by atoms with Gasteiger partial charge < -0.3 is 10.1 Å². The number of sulfonamides is 1. The van der Waals surface area contributed by atoms with Gasteiger partial charge in [0.25, 0.3) is 0 Å². The van der Waals surface area contributed by atoms with Gasteiger partial charge in [-0.15, -0.1) is 11.3 Å². The molecule has 8 nitrogen and oxygen atoms in total. The number of anilines is 1. The standard InChI is InChI=1S/C15H23N3O5S2/c1-10-11(2)24-14(13(10)15(20)23-3)16-12(19)9-17-5-7-18(8-6-17)25(4,21)22/h5-9H2,1-4H3,(H,16,19). The summed E-state index contributed by atoms with van der Waals surface area (Å²) in [5.74, 6) is -0.710. The van der Waals surface area contributed by atoms with E-state index in [4.69, 9.17) is 4.74 Å². The molecule has 1 aromatic rings. The topological polar surface area (TPSA) is 96.0 Å². The number of hydrogen-bond donors (Lipinski definition) is 1. The van der Waals surface area contributed by atoms with Crippen LogP contribution < -0.4 is 5.32 Å². The molecule has 1 aliphatic rings. The lowest BCUT2D eigenvalue weighted by molar-refractivity contribution is -0.117. The van der Waals surface area contributed by atoms with Crippen LogP contribution in [0.2, 0.25) is 0 Å². The largest absolute Gasteiger partial charge is 0.465 e. The summed E-state index contributed by atoms with van der Waals surface area (Å²) in [6.07, 6.45) is 1.19. The van der Waals surface area contributed by atoms with Gasteiger partial charge in [0.05, 0.1) is 25.5 Å². The van der Waals surface area contributed by atoms with Gasteiger partial charge in [-0.25, -0.2) is 13.2 Å². The summed E-state index contributed by atoms with van der Waals surface area (Å²) >= 11 is 1.34. The summed E-state index contributed by atoms with van der Waals surface area (Å²) in [6.45, 7) is 5.58. The molecule has 1 aromatic heterocycles. The molecule has 1 saturated heterocycles. The lowest BCUT2D eigenvalue weighted by Gasteiger charge is -2.32. The number of rotatable bonds is 5. The average molecular weight is 389 g/mol. The zero-order chi connectivity index (χ0) is 18.8. The molecule has 140 valence electrons. The molecule has 0 saturated carbocycles. The first-order valence-corrected chi connectivity index (χ1v) is 10.5. The molecule has 0 atom stereocenters. The normalized spacial score (nSPS) is 16.6. The number of ether oxygens (including phenoxy) is 1. The minimum Gasteiger partial charge on any atom is -0.465 e. The van der Waals surface area contributed by atoms with Crippen LogP contribution in [-0.4, -0.2) is 75.6 Å². The van der Waals surface area contributed by atoms with E-state index in [1.807, 2.05) is 18.7 Å². The first-order chi connectivity index (χ1) is 11.6. The van der Waals surface area contributed by atoms with Gasteiger partial charge in [0.1, 0.15) is 5.00 Å². The van der Waals surface area contributed by atoms with Gasteiger partial charge in [0, 0.05) is 31.1 Å². The second-order valence-corrected chi connectivity index (χ2v) is 9.17. The third-order valence-electron chi connectivity index (χ3n) is 4.20. The number of piperazine rings is 1. The van der Waals surface area contributed by atoms with Crippen molar-refractivity contribution in [3.8, 4) is 0 Å². The molecule has 25 heavy (non-hydrogen) atoms. The fourth-order valence-electron chi connectivity index (χ4n) is 2.65. The third-order valence-corrected chi connectivity index (χ3v) is 6.62. The van der Waals surface area contributed by atoms with Gasteiger partial charge in [-0.1, -0.05) is 0 Å². The predicted molar refractivity (Wildman–Crippen MR) is 96.6 cm³/mol. The Balaban J connectivity index is 1.98. The van der Waals surface area contributed by atoms with Gasteiger partial charge >= 0.3 is 5.97 Å². The Morgan fingerprint density at radius 1 is 1.20 bits per heavy atom. The highest BCUT2D eigenvalue weighted by atomic mass is 32.2. The van der Waals surface area contributed by atoms with E-state index in [0.717, 1.165) is 10.4 Å². The van der Waals surface area contributed by atoms with Crippen molar-refractivity contribution in [1.29, 1.82) is 0 Å². The molecular weight excluding hydrogens is 366 g/mol. The van der Waals surface area contributed by atoms with Crippen LogP contribution in [0.3, 0.4) is 0 Å². The Bertz CT molecular complexity index is 764. The maximum atomic E-state index is 12.3. The number of hydrogen-bond acceptors (Lipinski definition) is 7. The molecule has 2 rings (SSSR count). The molecule has 10 heteroatoms. The van der Waals surface area contributed by atoms with Crippen LogP contribution in [0, 0.1) is 13.8 Å². The molecule has 2 heterocycles. The molecule has 0 spiro atoms.